The molecule has 1 aromatic heterocycles. The van der Waals surface area contributed by atoms with Crippen molar-refractivity contribution in [2.45, 2.75) is 24.9 Å². The van der Waals surface area contributed by atoms with Crippen LogP contribution in [0.25, 0.3) is 0 Å². The summed E-state index contributed by atoms with van der Waals surface area (Å²) in [5.41, 5.74) is 1.08. The maximum absolute atomic E-state index is 10.9. The normalized spacial score (nSPS) is 10.6. The first-order valence-corrected chi connectivity index (χ1v) is 5.02. The molecule has 12 heavy (non-hydrogen) atoms. The van der Waals surface area contributed by atoms with Crippen molar-refractivity contribution >= 4 is 11.8 Å². The quantitative estimate of drug-likeness (QED) is 0.777. The Bertz CT molecular complexity index is 293. The van der Waals surface area contributed by atoms with Gasteiger partial charge in [0.1, 0.15) is 0 Å². The second-order valence-corrected chi connectivity index (χ2v) is 4.49. The van der Waals surface area contributed by atoms with Crippen molar-refractivity contribution in [1.82, 2.24) is 4.98 Å². The lowest BCUT2D eigenvalue weighted by molar-refractivity contribution is 1.10. The molecule has 1 heterocycles. The molecule has 0 saturated heterocycles. The fourth-order valence-electron chi connectivity index (χ4n) is 0.842. The van der Waals surface area contributed by atoms with Gasteiger partial charge in [-0.1, -0.05) is 13.8 Å². The molecule has 0 fully saturated rings. The fourth-order valence-corrected chi connectivity index (χ4v) is 1.55. The van der Waals surface area contributed by atoms with Crippen LogP contribution in [0.5, 0.6) is 0 Å². The zero-order valence-corrected chi connectivity index (χ0v) is 8.15. The summed E-state index contributed by atoms with van der Waals surface area (Å²) in [6.07, 6.45) is 1.69. The lowest BCUT2D eigenvalue weighted by Crippen LogP contribution is -2.03. The van der Waals surface area contributed by atoms with E-state index in [1.54, 1.807) is 12.3 Å². The predicted molar refractivity (Wildman–Crippen MR) is 53.5 cm³/mol. The van der Waals surface area contributed by atoms with Gasteiger partial charge >= 0.3 is 0 Å². The van der Waals surface area contributed by atoms with Crippen molar-refractivity contribution in [2.24, 2.45) is 0 Å². The number of hydrogen-bond acceptors (Lipinski definition) is 2. The third kappa shape index (κ3) is 3.13. The largest absolute Gasteiger partial charge is 0.329 e. The van der Waals surface area contributed by atoms with E-state index in [2.05, 4.69) is 18.8 Å². The van der Waals surface area contributed by atoms with Crippen LogP contribution in [0.15, 0.2) is 23.1 Å². The summed E-state index contributed by atoms with van der Waals surface area (Å²) >= 11 is 1.84. The monoisotopic (exact) mass is 183 g/mol. The molecule has 0 saturated carbocycles. The number of aromatic amines is 1. The Balaban J connectivity index is 2.58. The van der Waals surface area contributed by atoms with E-state index >= 15 is 0 Å². The molecule has 0 aliphatic carbocycles. The van der Waals surface area contributed by atoms with E-state index in [1.165, 1.54) is 0 Å². The molecule has 0 bridgehead atoms. The van der Waals surface area contributed by atoms with Gasteiger partial charge in [-0.2, -0.15) is 11.8 Å². The number of nitrogens with one attached hydrogen (secondary N) is 1. The molecule has 3 heteroatoms. The Morgan fingerprint density at radius 1 is 1.58 bits per heavy atom. The first-order valence-electron chi connectivity index (χ1n) is 3.97. The van der Waals surface area contributed by atoms with Crippen molar-refractivity contribution in [3.8, 4) is 0 Å². The van der Waals surface area contributed by atoms with E-state index in [-0.39, 0.29) is 5.56 Å². The lowest BCUT2D eigenvalue weighted by Gasteiger charge is -2.03. The Morgan fingerprint density at radius 3 is 2.92 bits per heavy atom. The maximum atomic E-state index is 10.9. The van der Waals surface area contributed by atoms with Crippen LogP contribution in [0.2, 0.25) is 0 Å². The molecule has 0 radical (unpaired) electrons. The van der Waals surface area contributed by atoms with Gasteiger partial charge in [-0.05, 0) is 16.9 Å². The third-order valence-corrected chi connectivity index (χ3v) is 2.59. The number of pyridine rings is 1. The Kier molecular flexibility index (Phi) is 3.41. The van der Waals surface area contributed by atoms with E-state index in [0.717, 1.165) is 11.3 Å². The summed E-state index contributed by atoms with van der Waals surface area (Å²) in [7, 11) is 0. The molecule has 0 amide bonds. The van der Waals surface area contributed by atoms with Crippen LogP contribution >= 0.6 is 11.8 Å². The van der Waals surface area contributed by atoms with Crippen LogP contribution in [0, 0.1) is 0 Å². The zero-order valence-electron chi connectivity index (χ0n) is 7.33. The smallest absolute Gasteiger partial charge is 0.248 e. The number of hydrogen-bond donors (Lipinski definition) is 1. The highest BCUT2D eigenvalue weighted by Gasteiger charge is 1.96. The minimum absolute atomic E-state index is 0.0168. The summed E-state index contributed by atoms with van der Waals surface area (Å²) in [6.45, 7) is 4.30. The first kappa shape index (κ1) is 9.39. The van der Waals surface area contributed by atoms with Crippen molar-refractivity contribution < 1.29 is 0 Å². The van der Waals surface area contributed by atoms with Gasteiger partial charge in [0.2, 0.25) is 5.56 Å². The SMILES string of the molecule is CC(C)SCc1cc[nH]c(=O)c1. The van der Waals surface area contributed by atoms with E-state index in [0.29, 0.717) is 5.25 Å². The predicted octanol–water partition coefficient (Wildman–Crippen LogP) is 2.02. The van der Waals surface area contributed by atoms with Gasteiger partial charge in [0.05, 0.1) is 0 Å². The molecule has 1 N–H and O–H groups in total. The molecule has 0 unspecified atom stereocenters. The van der Waals surface area contributed by atoms with E-state index in [4.69, 9.17) is 0 Å². The van der Waals surface area contributed by atoms with Gasteiger partial charge in [0.15, 0.2) is 0 Å². The van der Waals surface area contributed by atoms with Gasteiger partial charge in [0.25, 0.3) is 0 Å². The molecular formula is C9H13NOS. The Labute approximate surface area is 76.4 Å². The molecule has 0 spiro atoms. The minimum atomic E-state index is -0.0168. The molecule has 2 nitrogen and oxygen atoms in total. The number of rotatable bonds is 3. The molecule has 66 valence electrons. The van der Waals surface area contributed by atoms with Crippen LogP contribution in [0.3, 0.4) is 0 Å². The highest BCUT2D eigenvalue weighted by Crippen LogP contribution is 2.15. The lowest BCUT2D eigenvalue weighted by atomic mass is 10.3. The maximum Gasteiger partial charge on any atom is 0.248 e. The van der Waals surface area contributed by atoms with Crippen LogP contribution in [0.4, 0.5) is 0 Å². The van der Waals surface area contributed by atoms with Crippen molar-refractivity contribution in [3.63, 3.8) is 0 Å². The molecule has 1 rings (SSSR count). The molecular weight excluding hydrogens is 170 g/mol. The van der Waals surface area contributed by atoms with Crippen molar-refractivity contribution in [1.29, 1.82) is 0 Å². The highest BCUT2D eigenvalue weighted by molar-refractivity contribution is 7.99. The summed E-state index contributed by atoms with van der Waals surface area (Å²) < 4.78 is 0. The third-order valence-electron chi connectivity index (χ3n) is 1.42. The minimum Gasteiger partial charge on any atom is -0.329 e. The summed E-state index contributed by atoms with van der Waals surface area (Å²) in [5, 5.41) is 0.615. The van der Waals surface area contributed by atoms with Gasteiger partial charge in [-0.15, -0.1) is 0 Å². The number of thioether (sulfide) groups is 1. The highest BCUT2D eigenvalue weighted by atomic mass is 32.2. The standard InChI is InChI=1S/C9H13NOS/c1-7(2)12-6-8-3-4-10-9(11)5-8/h3-5,7H,6H2,1-2H3,(H,10,11). The van der Waals surface area contributed by atoms with E-state index in [9.17, 15) is 4.79 Å². The summed E-state index contributed by atoms with van der Waals surface area (Å²) in [6, 6.07) is 3.59. The second-order valence-electron chi connectivity index (χ2n) is 2.92. The van der Waals surface area contributed by atoms with Gasteiger partial charge in [-0.25, -0.2) is 0 Å². The summed E-state index contributed by atoms with van der Waals surface area (Å²) in [5.74, 6) is 0.918. The molecule has 0 aromatic carbocycles. The van der Waals surface area contributed by atoms with E-state index < -0.39 is 0 Å². The van der Waals surface area contributed by atoms with Gasteiger partial charge in [0, 0.05) is 18.0 Å². The molecule has 0 aliphatic rings. The van der Waals surface area contributed by atoms with Gasteiger partial charge < -0.3 is 4.98 Å². The van der Waals surface area contributed by atoms with Crippen LogP contribution in [0.1, 0.15) is 19.4 Å². The van der Waals surface area contributed by atoms with Crippen LogP contribution in [-0.2, 0) is 5.75 Å². The van der Waals surface area contributed by atoms with E-state index in [1.807, 2.05) is 17.8 Å². The summed E-state index contributed by atoms with van der Waals surface area (Å²) in [4.78, 5) is 13.5. The molecule has 0 aliphatic heterocycles. The first-order chi connectivity index (χ1) is 5.68. The van der Waals surface area contributed by atoms with Gasteiger partial charge in [-0.3, -0.25) is 4.79 Å². The Morgan fingerprint density at radius 2 is 2.33 bits per heavy atom. The van der Waals surface area contributed by atoms with Crippen LogP contribution < -0.4 is 5.56 Å². The fraction of sp³-hybridized carbons (Fsp3) is 0.444. The average molecular weight is 183 g/mol. The Hall–Kier alpha value is -0.700. The zero-order chi connectivity index (χ0) is 8.97. The molecule has 1 aromatic rings. The second kappa shape index (κ2) is 4.36. The van der Waals surface area contributed by atoms with Crippen molar-refractivity contribution in [2.75, 3.05) is 0 Å². The average Bonchev–Trinajstić information content (AvgIpc) is 2.01. The van der Waals surface area contributed by atoms with Crippen LogP contribution in [-0.4, -0.2) is 10.2 Å². The number of H-pyrrole nitrogens is 1. The molecule has 0 atom stereocenters. The topological polar surface area (TPSA) is 32.9 Å². The number of aromatic nitrogens is 1. The van der Waals surface area contributed by atoms with Crippen molar-refractivity contribution in [3.05, 3.63) is 34.2 Å².